The van der Waals surface area contributed by atoms with Crippen LogP contribution in [-0.4, -0.2) is 61.0 Å². The molecule has 1 aliphatic rings. The van der Waals surface area contributed by atoms with E-state index in [0.29, 0.717) is 43.9 Å². The van der Waals surface area contributed by atoms with Gasteiger partial charge < -0.3 is 9.64 Å². The van der Waals surface area contributed by atoms with E-state index >= 15 is 0 Å². The number of piperazine rings is 1. The lowest BCUT2D eigenvalue weighted by Gasteiger charge is -2.36. The Morgan fingerprint density at radius 3 is 2.36 bits per heavy atom. The van der Waals surface area contributed by atoms with Gasteiger partial charge in [-0.3, -0.25) is 4.98 Å². The van der Waals surface area contributed by atoms with Crippen LogP contribution in [0.5, 0.6) is 5.75 Å². The van der Waals surface area contributed by atoms with Crippen molar-refractivity contribution in [2.24, 2.45) is 0 Å². The van der Waals surface area contributed by atoms with Gasteiger partial charge in [-0.05, 0) is 43.7 Å². The Labute approximate surface area is 211 Å². The highest BCUT2D eigenvalue weighted by atomic mass is 32.2. The van der Waals surface area contributed by atoms with Crippen LogP contribution in [0.4, 0.5) is 5.82 Å². The molecule has 186 valence electrons. The number of benzene rings is 2. The number of ether oxygens (including phenoxy) is 1. The van der Waals surface area contributed by atoms with E-state index < -0.39 is 10.0 Å². The van der Waals surface area contributed by atoms with E-state index in [1.165, 1.54) is 0 Å². The topological polar surface area (TPSA) is 88.5 Å². The highest BCUT2D eigenvalue weighted by Gasteiger charge is 2.31. The third kappa shape index (κ3) is 4.64. The number of hydrogen-bond acceptors (Lipinski definition) is 7. The first-order chi connectivity index (χ1) is 17.4. The Bertz CT molecular complexity index is 1490. The third-order valence-electron chi connectivity index (χ3n) is 6.60. The molecule has 0 unspecified atom stereocenters. The molecule has 36 heavy (non-hydrogen) atoms. The Morgan fingerprint density at radius 2 is 1.64 bits per heavy atom. The second kappa shape index (κ2) is 9.83. The summed E-state index contributed by atoms with van der Waals surface area (Å²) in [4.78, 5) is 16.2. The predicted octanol–water partition coefficient (Wildman–Crippen LogP) is 3.75. The maximum absolute atomic E-state index is 13.5. The summed E-state index contributed by atoms with van der Waals surface area (Å²) in [7, 11) is -2.02. The van der Waals surface area contributed by atoms with E-state index in [1.807, 2.05) is 56.3 Å². The molecular formula is C27H29N5O3S. The van der Waals surface area contributed by atoms with Crippen LogP contribution in [0.25, 0.3) is 10.9 Å². The molecule has 0 aliphatic carbocycles. The summed E-state index contributed by atoms with van der Waals surface area (Å²) in [6, 6.07) is 17.0. The van der Waals surface area contributed by atoms with Crippen molar-refractivity contribution < 1.29 is 13.2 Å². The molecule has 3 heterocycles. The van der Waals surface area contributed by atoms with Gasteiger partial charge in [0.25, 0.3) is 0 Å². The zero-order chi connectivity index (χ0) is 25.3. The highest BCUT2D eigenvalue weighted by molar-refractivity contribution is 7.89. The lowest BCUT2D eigenvalue weighted by atomic mass is 10.0. The number of sulfonamides is 1. The Balaban J connectivity index is 1.39. The molecule has 0 bridgehead atoms. The number of nitrogens with zero attached hydrogens (tertiary/aromatic N) is 5. The molecule has 0 spiro atoms. The van der Waals surface area contributed by atoms with E-state index in [2.05, 4.69) is 14.9 Å². The molecule has 1 aliphatic heterocycles. The first-order valence-corrected chi connectivity index (χ1v) is 13.4. The summed E-state index contributed by atoms with van der Waals surface area (Å²) in [5.41, 5.74) is 3.63. The minimum Gasteiger partial charge on any atom is -0.497 e. The number of aryl methyl sites for hydroxylation is 2. The number of anilines is 1. The molecule has 0 radical (unpaired) electrons. The van der Waals surface area contributed by atoms with Gasteiger partial charge in [-0.2, -0.15) is 4.31 Å². The second-order valence-corrected chi connectivity index (χ2v) is 10.8. The number of pyridine rings is 1. The maximum atomic E-state index is 13.5. The average molecular weight is 504 g/mol. The largest absolute Gasteiger partial charge is 0.497 e. The van der Waals surface area contributed by atoms with Gasteiger partial charge in [0.05, 0.1) is 12.6 Å². The van der Waals surface area contributed by atoms with Crippen LogP contribution in [0.15, 0.2) is 65.7 Å². The number of fused-ring (bicyclic) bond motifs is 1. The minimum absolute atomic E-state index is 0.253. The summed E-state index contributed by atoms with van der Waals surface area (Å²) < 4.78 is 33.9. The van der Waals surface area contributed by atoms with Crippen molar-refractivity contribution in [2.45, 2.75) is 25.2 Å². The molecule has 0 amide bonds. The van der Waals surface area contributed by atoms with Crippen LogP contribution in [0.1, 0.15) is 22.6 Å². The van der Waals surface area contributed by atoms with Gasteiger partial charge in [-0.25, -0.2) is 18.4 Å². The van der Waals surface area contributed by atoms with Crippen molar-refractivity contribution in [2.75, 3.05) is 38.2 Å². The van der Waals surface area contributed by atoms with Crippen molar-refractivity contribution in [3.05, 3.63) is 83.4 Å². The van der Waals surface area contributed by atoms with Crippen LogP contribution in [-0.2, 0) is 16.4 Å². The molecule has 0 saturated carbocycles. The lowest BCUT2D eigenvalue weighted by Crippen LogP contribution is -2.49. The van der Waals surface area contributed by atoms with Gasteiger partial charge in [0.1, 0.15) is 22.3 Å². The van der Waals surface area contributed by atoms with Crippen molar-refractivity contribution in [3.63, 3.8) is 0 Å². The van der Waals surface area contributed by atoms with E-state index in [4.69, 9.17) is 9.72 Å². The van der Waals surface area contributed by atoms with Crippen LogP contribution in [0, 0.1) is 13.8 Å². The SMILES string of the molecule is COc1ccc(Cc2c(C)nc(C)nc2N2CCN(S(=O)(=O)c3cccc4cccnc34)CC2)cc1. The molecular weight excluding hydrogens is 474 g/mol. The summed E-state index contributed by atoms with van der Waals surface area (Å²) >= 11 is 0. The molecule has 4 aromatic rings. The zero-order valence-corrected chi connectivity index (χ0v) is 21.5. The van der Waals surface area contributed by atoms with Crippen LogP contribution in [0.2, 0.25) is 0 Å². The highest BCUT2D eigenvalue weighted by Crippen LogP contribution is 2.28. The van der Waals surface area contributed by atoms with Gasteiger partial charge in [0.2, 0.25) is 10.0 Å². The fraction of sp³-hybridized carbons (Fsp3) is 0.296. The predicted molar refractivity (Wildman–Crippen MR) is 140 cm³/mol. The Kier molecular flexibility index (Phi) is 6.59. The van der Waals surface area contributed by atoms with Crippen molar-refractivity contribution in [3.8, 4) is 5.75 Å². The molecule has 0 N–H and O–H groups in total. The van der Waals surface area contributed by atoms with Gasteiger partial charge in [0.15, 0.2) is 0 Å². The third-order valence-corrected chi connectivity index (χ3v) is 8.53. The van der Waals surface area contributed by atoms with E-state index in [0.717, 1.165) is 33.8 Å². The molecule has 2 aromatic carbocycles. The van der Waals surface area contributed by atoms with Gasteiger partial charge >= 0.3 is 0 Å². The number of rotatable bonds is 6. The normalized spacial score (nSPS) is 14.8. The monoisotopic (exact) mass is 503 g/mol. The fourth-order valence-electron chi connectivity index (χ4n) is 4.70. The number of para-hydroxylation sites is 1. The quantitative estimate of drug-likeness (QED) is 0.396. The zero-order valence-electron chi connectivity index (χ0n) is 20.7. The van der Waals surface area contributed by atoms with E-state index in [9.17, 15) is 8.42 Å². The molecule has 8 nitrogen and oxygen atoms in total. The minimum atomic E-state index is -3.68. The van der Waals surface area contributed by atoms with E-state index in [1.54, 1.807) is 29.7 Å². The number of hydrogen-bond donors (Lipinski definition) is 0. The number of aromatic nitrogens is 3. The smallest absolute Gasteiger partial charge is 0.245 e. The lowest BCUT2D eigenvalue weighted by molar-refractivity contribution is 0.383. The molecule has 1 saturated heterocycles. The standard InChI is InChI=1S/C27H29N5O3S/c1-19-24(18-21-9-11-23(35-3)12-10-21)27(30-20(2)29-19)31-14-16-32(17-15-31)36(33,34)25-8-4-6-22-7-5-13-28-26(22)25/h4-13H,14-18H2,1-3H3. The first kappa shape index (κ1) is 24.1. The van der Waals surface area contributed by atoms with Crippen LogP contribution in [0.3, 0.4) is 0 Å². The molecule has 1 fully saturated rings. The average Bonchev–Trinajstić information content (AvgIpc) is 2.90. The van der Waals surface area contributed by atoms with Gasteiger partial charge in [-0.15, -0.1) is 0 Å². The Morgan fingerprint density at radius 1 is 0.917 bits per heavy atom. The molecule has 9 heteroatoms. The van der Waals surface area contributed by atoms with E-state index in [-0.39, 0.29) is 4.90 Å². The molecule has 5 rings (SSSR count). The van der Waals surface area contributed by atoms with Crippen molar-refractivity contribution in [1.29, 1.82) is 0 Å². The fourth-order valence-corrected chi connectivity index (χ4v) is 6.29. The summed E-state index contributed by atoms with van der Waals surface area (Å²) in [5, 5.41) is 0.812. The summed E-state index contributed by atoms with van der Waals surface area (Å²) in [6.45, 7) is 5.73. The van der Waals surface area contributed by atoms with Crippen molar-refractivity contribution in [1.82, 2.24) is 19.3 Å². The van der Waals surface area contributed by atoms with Crippen molar-refractivity contribution >= 4 is 26.7 Å². The second-order valence-electron chi connectivity index (χ2n) is 8.91. The Hall–Kier alpha value is -3.56. The number of methoxy groups -OCH3 is 1. The molecule has 2 aromatic heterocycles. The van der Waals surface area contributed by atoms with Gasteiger partial charge in [0, 0.05) is 55.4 Å². The van der Waals surface area contributed by atoms with Crippen LogP contribution < -0.4 is 9.64 Å². The molecule has 0 atom stereocenters. The van der Waals surface area contributed by atoms with Gasteiger partial charge in [-0.1, -0.05) is 30.3 Å². The summed E-state index contributed by atoms with van der Waals surface area (Å²) in [6.07, 6.45) is 2.31. The first-order valence-electron chi connectivity index (χ1n) is 11.9. The maximum Gasteiger partial charge on any atom is 0.245 e. The summed E-state index contributed by atoms with van der Waals surface area (Å²) in [5.74, 6) is 2.40. The van der Waals surface area contributed by atoms with Crippen LogP contribution >= 0.6 is 0 Å².